The summed E-state index contributed by atoms with van der Waals surface area (Å²) >= 11 is 1.73. The summed E-state index contributed by atoms with van der Waals surface area (Å²) in [6.45, 7) is 1.66. The lowest BCUT2D eigenvalue weighted by Gasteiger charge is -2.28. The topological polar surface area (TPSA) is 78.1 Å². The zero-order chi connectivity index (χ0) is 9.73. The summed E-state index contributed by atoms with van der Waals surface area (Å²) in [5, 5.41) is 2.06. The third-order valence-corrected chi connectivity index (χ3v) is 3.30. The maximum atomic E-state index is 5.69. The number of hydrogen-bond donors (Lipinski definition) is 3. The van der Waals surface area contributed by atoms with Gasteiger partial charge in [0, 0.05) is 29.9 Å². The van der Waals surface area contributed by atoms with E-state index in [0.29, 0.717) is 19.6 Å². The standard InChI is InChI=1S/C9H17N3S/c10-5-9(6-11,7-12)4-8-2-1-3-13-8/h1-3H,4-7,10-12H2. The molecule has 0 fully saturated rings. The summed E-state index contributed by atoms with van der Waals surface area (Å²) < 4.78 is 0. The number of thiophene rings is 1. The van der Waals surface area contributed by atoms with Gasteiger partial charge in [-0.25, -0.2) is 0 Å². The minimum absolute atomic E-state index is 0.106. The maximum absolute atomic E-state index is 5.69. The molecular formula is C9H17N3S. The van der Waals surface area contributed by atoms with E-state index >= 15 is 0 Å². The van der Waals surface area contributed by atoms with Crippen molar-refractivity contribution in [2.45, 2.75) is 6.42 Å². The monoisotopic (exact) mass is 199 g/mol. The second kappa shape index (κ2) is 4.72. The summed E-state index contributed by atoms with van der Waals surface area (Å²) in [6.07, 6.45) is 0.897. The largest absolute Gasteiger partial charge is 0.330 e. The molecule has 1 rings (SSSR count). The van der Waals surface area contributed by atoms with Crippen LogP contribution in [-0.2, 0) is 6.42 Å². The van der Waals surface area contributed by atoms with Crippen molar-refractivity contribution in [1.29, 1.82) is 0 Å². The van der Waals surface area contributed by atoms with Crippen LogP contribution in [0.25, 0.3) is 0 Å². The molecule has 0 aromatic carbocycles. The van der Waals surface area contributed by atoms with Crippen molar-refractivity contribution in [3.63, 3.8) is 0 Å². The van der Waals surface area contributed by atoms with E-state index in [2.05, 4.69) is 11.4 Å². The smallest absolute Gasteiger partial charge is 0.0119 e. The molecule has 1 aromatic heterocycles. The molecule has 0 amide bonds. The fraction of sp³-hybridized carbons (Fsp3) is 0.556. The van der Waals surface area contributed by atoms with Gasteiger partial charge in [0.25, 0.3) is 0 Å². The normalized spacial score (nSPS) is 11.9. The van der Waals surface area contributed by atoms with Crippen molar-refractivity contribution in [1.82, 2.24) is 0 Å². The molecule has 0 saturated heterocycles. The minimum atomic E-state index is -0.106. The molecular weight excluding hydrogens is 182 g/mol. The third-order valence-electron chi connectivity index (χ3n) is 2.43. The van der Waals surface area contributed by atoms with Crippen LogP contribution in [0.3, 0.4) is 0 Å². The van der Waals surface area contributed by atoms with Crippen molar-refractivity contribution in [2.24, 2.45) is 22.6 Å². The Bertz CT molecular complexity index is 221. The van der Waals surface area contributed by atoms with E-state index in [4.69, 9.17) is 17.2 Å². The second-order valence-corrected chi connectivity index (χ2v) is 4.40. The third kappa shape index (κ3) is 2.51. The van der Waals surface area contributed by atoms with E-state index in [1.165, 1.54) is 4.88 Å². The fourth-order valence-corrected chi connectivity index (χ4v) is 2.13. The lowest BCUT2D eigenvalue weighted by atomic mass is 9.84. The summed E-state index contributed by atoms with van der Waals surface area (Å²) in [5.41, 5.74) is 17.0. The zero-order valence-electron chi connectivity index (χ0n) is 7.70. The molecule has 1 heterocycles. The zero-order valence-corrected chi connectivity index (χ0v) is 8.52. The van der Waals surface area contributed by atoms with E-state index in [1.54, 1.807) is 11.3 Å². The fourth-order valence-electron chi connectivity index (χ4n) is 1.25. The predicted molar refractivity (Wildman–Crippen MR) is 57.6 cm³/mol. The van der Waals surface area contributed by atoms with E-state index < -0.39 is 0 Å². The molecule has 6 N–H and O–H groups in total. The van der Waals surface area contributed by atoms with Gasteiger partial charge in [0.1, 0.15) is 0 Å². The van der Waals surface area contributed by atoms with E-state index in [9.17, 15) is 0 Å². The van der Waals surface area contributed by atoms with Crippen molar-refractivity contribution in [3.05, 3.63) is 22.4 Å². The van der Waals surface area contributed by atoms with Crippen LogP contribution in [0.5, 0.6) is 0 Å². The van der Waals surface area contributed by atoms with Crippen LogP contribution in [0.4, 0.5) is 0 Å². The first-order valence-corrected chi connectivity index (χ1v) is 5.27. The van der Waals surface area contributed by atoms with Gasteiger partial charge in [-0.05, 0) is 17.9 Å². The molecule has 3 nitrogen and oxygen atoms in total. The Balaban J connectivity index is 2.67. The molecule has 0 saturated carbocycles. The Morgan fingerprint density at radius 2 is 1.77 bits per heavy atom. The highest BCUT2D eigenvalue weighted by Gasteiger charge is 2.25. The van der Waals surface area contributed by atoms with Gasteiger partial charge in [-0.2, -0.15) is 0 Å². The van der Waals surface area contributed by atoms with Crippen LogP contribution in [0.15, 0.2) is 17.5 Å². The molecule has 0 atom stereocenters. The average Bonchev–Trinajstić information content (AvgIpc) is 2.67. The first-order valence-electron chi connectivity index (χ1n) is 4.39. The van der Waals surface area contributed by atoms with E-state index in [-0.39, 0.29) is 5.41 Å². The van der Waals surface area contributed by atoms with Crippen molar-refractivity contribution < 1.29 is 0 Å². The van der Waals surface area contributed by atoms with Gasteiger partial charge in [-0.1, -0.05) is 6.07 Å². The second-order valence-electron chi connectivity index (χ2n) is 3.37. The van der Waals surface area contributed by atoms with Crippen LogP contribution >= 0.6 is 11.3 Å². The van der Waals surface area contributed by atoms with Gasteiger partial charge in [-0.15, -0.1) is 11.3 Å². The molecule has 0 aliphatic carbocycles. The molecule has 0 bridgehead atoms. The molecule has 0 spiro atoms. The summed E-state index contributed by atoms with van der Waals surface area (Å²) in [4.78, 5) is 1.31. The van der Waals surface area contributed by atoms with Crippen molar-refractivity contribution >= 4 is 11.3 Å². The first kappa shape index (κ1) is 10.7. The van der Waals surface area contributed by atoms with Gasteiger partial charge < -0.3 is 17.2 Å². The quantitative estimate of drug-likeness (QED) is 0.632. The molecule has 0 unspecified atom stereocenters. The lowest BCUT2D eigenvalue weighted by molar-refractivity contribution is 0.321. The molecule has 74 valence electrons. The van der Waals surface area contributed by atoms with E-state index in [1.807, 2.05) is 6.07 Å². The molecule has 1 aromatic rings. The van der Waals surface area contributed by atoms with Crippen LogP contribution in [0.1, 0.15) is 4.88 Å². The highest BCUT2D eigenvalue weighted by Crippen LogP contribution is 2.22. The predicted octanol–water partition coefficient (Wildman–Crippen LogP) is 0.153. The summed E-state index contributed by atoms with van der Waals surface area (Å²) in [7, 11) is 0. The van der Waals surface area contributed by atoms with Gasteiger partial charge in [0.2, 0.25) is 0 Å². The number of rotatable bonds is 5. The Labute approximate surface area is 82.9 Å². The van der Waals surface area contributed by atoms with Crippen molar-refractivity contribution in [2.75, 3.05) is 19.6 Å². The van der Waals surface area contributed by atoms with Crippen LogP contribution in [0, 0.1) is 5.41 Å². The minimum Gasteiger partial charge on any atom is -0.330 e. The maximum Gasteiger partial charge on any atom is 0.0119 e. The van der Waals surface area contributed by atoms with Crippen LogP contribution in [-0.4, -0.2) is 19.6 Å². The highest BCUT2D eigenvalue weighted by atomic mass is 32.1. The summed E-state index contributed by atoms with van der Waals surface area (Å²) in [5.74, 6) is 0. The molecule has 0 aliphatic heterocycles. The van der Waals surface area contributed by atoms with Crippen molar-refractivity contribution in [3.8, 4) is 0 Å². The first-order chi connectivity index (χ1) is 6.26. The SMILES string of the molecule is NCC(CN)(CN)Cc1cccs1. The van der Waals surface area contributed by atoms with E-state index in [0.717, 1.165) is 6.42 Å². The molecule has 0 radical (unpaired) electrons. The average molecular weight is 199 g/mol. The Morgan fingerprint density at radius 3 is 2.15 bits per heavy atom. The van der Waals surface area contributed by atoms with Crippen LogP contribution in [0.2, 0.25) is 0 Å². The Hall–Kier alpha value is -0.420. The van der Waals surface area contributed by atoms with Gasteiger partial charge in [0.05, 0.1) is 0 Å². The van der Waals surface area contributed by atoms with Gasteiger partial charge >= 0.3 is 0 Å². The van der Waals surface area contributed by atoms with Crippen LogP contribution < -0.4 is 17.2 Å². The molecule has 4 heteroatoms. The lowest BCUT2D eigenvalue weighted by Crippen LogP contribution is -2.45. The Kier molecular flexibility index (Phi) is 3.87. The highest BCUT2D eigenvalue weighted by molar-refractivity contribution is 7.09. The number of nitrogens with two attached hydrogens (primary N) is 3. The van der Waals surface area contributed by atoms with Gasteiger partial charge in [0.15, 0.2) is 0 Å². The van der Waals surface area contributed by atoms with Gasteiger partial charge in [-0.3, -0.25) is 0 Å². The molecule has 13 heavy (non-hydrogen) atoms. The number of hydrogen-bond acceptors (Lipinski definition) is 4. The Morgan fingerprint density at radius 1 is 1.15 bits per heavy atom. The summed E-state index contributed by atoms with van der Waals surface area (Å²) in [6, 6.07) is 4.13. The molecule has 0 aliphatic rings.